The molecule has 0 radical (unpaired) electrons. The lowest BCUT2D eigenvalue weighted by Gasteiger charge is -2.21. The van der Waals surface area contributed by atoms with E-state index in [1.807, 2.05) is 12.1 Å². The van der Waals surface area contributed by atoms with Crippen LogP contribution in [0.5, 0.6) is 5.75 Å². The van der Waals surface area contributed by atoms with Crippen LogP contribution in [-0.2, 0) is 29.1 Å². The third-order valence-electron chi connectivity index (χ3n) is 6.03. The Labute approximate surface area is 240 Å². The highest BCUT2D eigenvalue weighted by Gasteiger charge is 2.21. The maximum absolute atomic E-state index is 13.0. The van der Waals surface area contributed by atoms with E-state index in [1.54, 1.807) is 12.1 Å². The molecule has 0 fully saturated rings. The van der Waals surface area contributed by atoms with E-state index in [0.29, 0.717) is 22.8 Å². The number of hydrogen-bond donors (Lipinski definition) is 2. The van der Waals surface area contributed by atoms with Crippen molar-refractivity contribution in [3.63, 3.8) is 0 Å². The Morgan fingerprint density at radius 1 is 0.756 bits per heavy atom. The molecule has 3 rings (SSSR count). The highest BCUT2D eigenvalue weighted by Crippen LogP contribution is 2.25. The summed E-state index contributed by atoms with van der Waals surface area (Å²) in [5.41, 5.74) is 2.49. The molecule has 0 saturated carbocycles. The molecule has 0 saturated heterocycles. The molecule has 11 nitrogen and oxygen atoms in total. The molecule has 0 atom stereocenters. The van der Waals surface area contributed by atoms with Gasteiger partial charge in [-0.3, -0.25) is 13.9 Å². The first-order valence-corrected chi connectivity index (χ1v) is 14.4. The quantitative estimate of drug-likeness (QED) is 0.290. The molecule has 12 heteroatoms. The maximum Gasteiger partial charge on any atom is 0.344 e. The number of carbonyl (C=O) groups is 3. The molecular formula is C29H34N4O7S. The maximum atomic E-state index is 13.0. The number of rotatable bonds is 13. The van der Waals surface area contributed by atoms with Crippen LogP contribution in [0.15, 0.2) is 77.7 Å². The van der Waals surface area contributed by atoms with Crippen molar-refractivity contribution in [3.05, 3.63) is 72.8 Å². The molecule has 3 aromatic rings. The smallest absolute Gasteiger partial charge is 0.344 e. The van der Waals surface area contributed by atoms with Gasteiger partial charge in [0.15, 0.2) is 13.2 Å². The molecular weight excluding hydrogens is 548 g/mol. The summed E-state index contributed by atoms with van der Waals surface area (Å²) < 4.78 is 37.5. The van der Waals surface area contributed by atoms with Crippen LogP contribution in [0.1, 0.15) is 20.8 Å². The van der Waals surface area contributed by atoms with E-state index in [2.05, 4.69) is 29.4 Å². The summed E-state index contributed by atoms with van der Waals surface area (Å²) in [6, 6.07) is 19.3. The van der Waals surface area contributed by atoms with Crippen LogP contribution in [0.25, 0.3) is 0 Å². The summed E-state index contributed by atoms with van der Waals surface area (Å²) in [6.45, 7) is 6.36. The fourth-order valence-electron chi connectivity index (χ4n) is 3.83. The zero-order valence-corrected chi connectivity index (χ0v) is 24.2. The number of amides is 2. The fraction of sp³-hybridized carbons (Fsp3) is 0.276. The molecule has 0 spiro atoms. The topological polar surface area (TPSA) is 134 Å². The van der Waals surface area contributed by atoms with Crippen molar-refractivity contribution < 1.29 is 32.3 Å². The fourth-order valence-corrected chi connectivity index (χ4v) is 5.03. The first-order chi connectivity index (χ1) is 19.5. The van der Waals surface area contributed by atoms with E-state index in [4.69, 9.17) is 9.47 Å². The molecule has 0 aliphatic rings. The zero-order valence-electron chi connectivity index (χ0n) is 23.4. The van der Waals surface area contributed by atoms with Crippen LogP contribution >= 0.6 is 0 Å². The second kappa shape index (κ2) is 14.2. The molecule has 0 aliphatic carbocycles. The number of sulfonamides is 1. The molecule has 0 bridgehead atoms. The average molecular weight is 583 g/mol. The van der Waals surface area contributed by atoms with Gasteiger partial charge in [0, 0.05) is 44.1 Å². The predicted octanol–water partition coefficient (Wildman–Crippen LogP) is 3.88. The standard InChI is InChI=1S/C29H34N4O7S/c1-5-33(6-2)25-11-7-23(8-12-25)31-28(35)19-40-29(36)20-39-26-15-13-24(14-16-26)32(4)41(37,38)27-17-9-22(10-18-27)30-21(3)34/h7-18H,5-6,19-20H2,1-4H3,(H,30,34)(H,31,35). The normalized spacial score (nSPS) is 10.8. The summed E-state index contributed by atoms with van der Waals surface area (Å²) in [4.78, 5) is 37.6. The van der Waals surface area contributed by atoms with E-state index >= 15 is 0 Å². The largest absolute Gasteiger partial charge is 0.482 e. The van der Waals surface area contributed by atoms with Crippen molar-refractivity contribution in [1.29, 1.82) is 0 Å². The van der Waals surface area contributed by atoms with Crippen LogP contribution in [0, 0.1) is 0 Å². The number of esters is 1. The minimum absolute atomic E-state index is 0.0536. The summed E-state index contributed by atoms with van der Waals surface area (Å²) in [6.07, 6.45) is 0. The average Bonchev–Trinajstić information content (AvgIpc) is 2.96. The minimum Gasteiger partial charge on any atom is -0.482 e. The second-order valence-corrected chi connectivity index (χ2v) is 10.9. The number of nitrogens with zero attached hydrogens (tertiary/aromatic N) is 2. The number of nitrogens with one attached hydrogen (secondary N) is 2. The number of carbonyl (C=O) groups excluding carboxylic acids is 3. The Morgan fingerprint density at radius 3 is 1.85 bits per heavy atom. The summed E-state index contributed by atoms with van der Waals surface area (Å²) in [5, 5.41) is 5.26. The van der Waals surface area contributed by atoms with Crippen LogP contribution in [0.3, 0.4) is 0 Å². The first-order valence-electron chi connectivity index (χ1n) is 12.9. The van der Waals surface area contributed by atoms with Crippen molar-refractivity contribution in [3.8, 4) is 5.75 Å². The lowest BCUT2D eigenvalue weighted by atomic mass is 10.2. The van der Waals surface area contributed by atoms with E-state index in [-0.39, 0.29) is 10.8 Å². The molecule has 41 heavy (non-hydrogen) atoms. The van der Waals surface area contributed by atoms with Gasteiger partial charge in [-0.05, 0) is 86.6 Å². The second-order valence-electron chi connectivity index (χ2n) is 8.89. The van der Waals surface area contributed by atoms with E-state index < -0.39 is 35.1 Å². The van der Waals surface area contributed by atoms with Gasteiger partial charge in [0.05, 0.1) is 10.6 Å². The van der Waals surface area contributed by atoms with Crippen LogP contribution < -0.4 is 24.6 Å². The van der Waals surface area contributed by atoms with Crippen molar-refractivity contribution in [1.82, 2.24) is 0 Å². The summed E-state index contributed by atoms with van der Waals surface area (Å²) in [7, 11) is -2.45. The molecule has 2 amide bonds. The lowest BCUT2D eigenvalue weighted by Crippen LogP contribution is -2.26. The number of ether oxygens (including phenoxy) is 2. The van der Waals surface area contributed by atoms with Gasteiger partial charge in [0.1, 0.15) is 5.75 Å². The highest BCUT2D eigenvalue weighted by atomic mass is 32.2. The van der Waals surface area contributed by atoms with Crippen LogP contribution in [-0.4, -0.2) is 59.6 Å². The highest BCUT2D eigenvalue weighted by molar-refractivity contribution is 7.92. The molecule has 3 aromatic carbocycles. The van der Waals surface area contributed by atoms with Crippen molar-refractivity contribution in [2.75, 3.05) is 53.2 Å². The molecule has 218 valence electrons. The SMILES string of the molecule is CCN(CC)c1ccc(NC(=O)COC(=O)COc2ccc(N(C)S(=O)(=O)c3ccc(NC(C)=O)cc3)cc2)cc1. The van der Waals surface area contributed by atoms with Gasteiger partial charge in [0.25, 0.3) is 15.9 Å². The van der Waals surface area contributed by atoms with Crippen molar-refractivity contribution in [2.45, 2.75) is 25.7 Å². The van der Waals surface area contributed by atoms with E-state index in [9.17, 15) is 22.8 Å². The van der Waals surface area contributed by atoms with Gasteiger partial charge in [0.2, 0.25) is 5.91 Å². The molecule has 0 heterocycles. The summed E-state index contributed by atoms with van der Waals surface area (Å²) >= 11 is 0. The third kappa shape index (κ3) is 8.70. The number of anilines is 4. The minimum atomic E-state index is -3.86. The van der Waals surface area contributed by atoms with Crippen LogP contribution in [0.4, 0.5) is 22.7 Å². The Kier molecular flexibility index (Phi) is 10.7. The molecule has 2 N–H and O–H groups in total. The Morgan fingerprint density at radius 2 is 1.29 bits per heavy atom. The van der Waals surface area contributed by atoms with Gasteiger partial charge in [-0.1, -0.05) is 0 Å². The lowest BCUT2D eigenvalue weighted by molar-refractivity contribution is -0.149. The Bertz CT molecular complexity index is 1440. The summed E-state index contributed by atoms with van der Waals surface area (Å²) in [5.74, 6) is -1.16. The van der Waals surface area contributed by atoms with Gasteiger partial charge in [-0.25, -0.2) is 13.2 Å². The monoisotopic (exact) mass is 582 g/mol. The van der Waals surface area contributed by atoms with Crippen molar-refractivity contribution >= 4 is 50.6 Å². The van der Waals surface area contributed by atoms with Gasteiger partial charge in [-0.2, -0.15) is 0 Å². The predicted molar refractivity (Wildman–Crippen MR) is 158 cm³/mol. The zero-order chi connectivity index (χ0) is 30.0. The Balaban J connectivity index is 1.47. The van der Waals surface area contributed by atoms with Crippen LogP contribution in [0.2, 0.25) is 0 Å². The number of hydrogen-bond acceptors (Lipinski definition) is 8. The van der Waals surface area contributed by atoms with Gasteiger partial charge < -0.3 is 25.0 Å². The Hall–Kier alpha value is -4.58. The molecule has 0 aliphatic heterocycles. The molecule has 0 aromatic heterocycles. The third-order valence-corrected chi connectivity index (χ3v) is 7.83. The molecule has 0 unspecified atom stereocenters. The van der Waals surface area contributed by atoms with Crippen molar-refractivity contribution in [2.24, 2.45) is 0 Å². The van der Waals surface area contributed by atoms with E-state index in [1.165, 1.54) is 62.5 Å². The van der Waals surface area contributed by atoms with Gasteiger partial charge in [-0.15, -0.1) is 0 Å². The number of benzene rings is 3. The van der Waals surface area contributed by atoms with E-state index in [0.717, 1.165) is 23.1 Å². The first kappa shape index (κ1) is 31.0. The van der Waals surface area contributed by atoms with Gasteiger partial charge >= 0.3 is 5.97 Å².